The average molecular weight is 233 g/mol. The van der Waals surface area contributed by atoms with Gasteiger partial charge in [-0.15, -0.1) is 0 Å². The first-order valence-electron chi connectivity index (χ1n) is 5.68. The van der Waals surface area contributed by atoms with E-state index in [-0.39, 0.29) is 5.82 Å². The highest BCUT2D eigenvalue weighted by Crippen LogP contribution is 2.27. The molecule has 0 aliphatic heterocycles. The molecule has 0 saturated carbocycles. The highest BCUT2D eigenvalue weighted by atomic mass is 19.1. The second-order valence-electron chi connectivity index (χ2n) is 3.99. The summed E-state index contributed by atoms with van der Waals surface area (Å²) in [6.07, 6.45) is 1.93. The van der Waals surface area contributed by atoms with E-state index >= 15 is 0 Å². The monoisotopic (exact) mass is 233 g/mol. The fourth-order valence-electron chi connectivity index (χ4n) is 1.92. The Labute approximate surface area is 100 Å². The lowest BCUT2D eigenvalue weighted by molar-refractivity contribution is 0.627. The van der Waals surface area contributed by atoms with Gasteiger partial charge in [-0.05, 0) is 37.1 Å². The molecule has 2 N–H and O–H groups in total. The molecule has 0 unspecified atom stereocenters. The van der Waals surface area contributed by atoms with Crippen LogP contribution >= 0.6 is 0 Å². The second-order valence-corrected chi connectivity index (χ2v) is 3.99. The van der Waals surface area contributed by atoms with Crippen molar-refractivity contribution in [1.82, 2.24) is 9.78 Å². The van der Waals surface area contributed by atoms with Crippen LogP contribution in [-0.4, -0.2) is 9.78 Å². The van der Waals surface area contributed by atoms with Crippen LogP contribution in [0.5, 0.6) is 0 Å². The third-order valence-corrected chi connectivity index (χ3v) is 2.85. The van der Waals surface area contributed by atoms with Gasteiger partial charge in [0.15, 0.2) is 0 Å². The summed E-state index contributed by atoms with van der Waals surface area (Å²) in [6.45, 7) is 5.14. The van der Waals surface area contributed by atoms with Crippen LogP contribution in [0.3, 0.4) is 0 Å². The van der Waals surface area contributed by atoms with Crippen molar-refractivity contribution in [3.63, 3.8) is 0 Å². The zero-order chi connectivity index (χ0) is 12.4. The van der Waals surface area contributed by atoms with Crippen molar-refractivity contribution in [1.29, 1.82) is 0 Å². The van der Waals surface area contributed by atoms with Crippen LogP contribution in [0.25, 0.3) is 11.1 Å². The molecule has 0 fully saturated rings. The summed E-state index contributed by atoms with van der Waals surface area (Å²) in [4.78, 5) is 0. The van der Waals surface area contributed by atoms with Crippen LogP contribution in [0, 0.1) is 12.7 Å². The predicted octanol–water partition coefficient (Wildman–Crippen LogP) is 2.48. The maximum atomic E-state index is 13.3. The highest BCUT2D eigenvalue weighted by molar-refractivity contribution is 5.68. The molecular weight excluding hydrogens is 217 g/mol. The molecule has 0 bridgehead atoms. The van der Waals surface area contributed by atoms with E-state index in [1.54, 1.807) is 6.07 Å². The number of hydrogen-bond donors (Lipinski definition) is 1. The first kappa shape index (κ1) is 11.8. The van der Waals surface area contributed by atoms with E-state index in [1.165, 1.54) is 12.1 Å². The van der Waals surface area contributed by atoms with Crippen molar-refractivity contribution in [2.45, 2.75) is 26.9 Å². The lowest BCUT2D eigenvalue weighted by Crippen LogP contribution is -1.99. The van der Waals surface area contributed by atoms with Gasteiger partial charge in [0.2, 0.25) is 0 Å². The normalized spacial score (nSPS) is 10.8. The third kappa shape index (κ3) is 2.22. The predicted molar refractivity (Wildman–Crippen MR) is 65.9 cm³/mol. The number of aromatic nitrogens is 2. The smallest absolute Gasteiger partial charge is 0.123 e. The van der Waals surface area contributed by atoms with Crippen LogP contribution < -0.4 is 5.73 Å². The van der Waals surface area contributed by atoms with Gasteiger partial charge in [-0.3, -0.25) is 4.68 Å². The van der Waals surface area contributed by atoms with Crippen LogP contribution in [0.15, 0.2) is 24.4 Å². The minimum Gasteiger partial charge on any atom is -0.326 e. The lowest BCUT2D eigenvalue weighted by atomic mass is 10.0. The summed E-state index contributed by atoms with van der Waals surface area (Å²) in [7, 11) is 0. The first-order chi connectivity index (χ1) is 8.15. The molecule has 3 nitrogen and oxygen atoms in total. The molecule has 2 rings (SSSR count). The topological polar surface area (TPSA) is 43.8 Å². The molecule has 0 spiro atoms. The number of hydrogen-bond acceptors (Lipinski definition) is 2. The Kier molecular flexibility index (Phi) is 3.24. The molecule has 1 heterocycles. The molecule has 0 amide bonds. The van der Waals surface area contributed by atoms with Crippen molar-refractivity contribution in [3.05, 3.63) is 41.5 Å². The maximum absolute atomic E-state index is 13.3. The first-order valence-corrected chi connectivity index (χ1v) is 5.68. The van der Waals surface area contributed by atoms with E-state index in [1.807, 2.05) is 24.7 Å². The Balaban J connectivity index is 2.58. The molecule has 0 radical (unpaired) electrons. The molecule has 0 aliphatic carbocycles. The van der Waals surface area contributed by atoms with E-state index in [0.717, 1.165) is 28.9 Å². The lowest BCUT2D eigenvalue weighted by Gasteiger charge is -2.06. The van der Waals surface area contributed by atoms with Crippen molar-refractivity contribution < 1.29 is 4.39 Å². The standard InChI is InChI=1S/C13H16FN3/c1-3-17-8-13(9(2)16-17)12-6-11(14)5-4-10(12)7-15/h4-6,8H,3,7,15H2,1-2H3. The fraction of sp³-hybridized carbons (Fsp3) is 0.308. The van der Waals surface area contributed by atoms with E-state index in [4.69, 9.17) is 5.73 Å². The fourth-order valence-corrected chi connectivity index (χ4v) is 1.92. The van der Waals surface area contributed by atoms with Crippen molar-refractivity contribution in [2.24, 2.45) is 5.73 Å². The summed E-state index contributed by atoms with van der Waals surface area (Å²) in [6, 6.07) is 4.69. The molecule has 1 aromatic carbocycles. The summed E-state index contributed by atoms with van der Waals surface area (Å²) < 4.78 is 15.2. The Hall–Kier alpha value is -1.68. The molecule has 0 aliphatic rings. The van der Waals surface area contributed by atoms with Gasteiger partial charge in [-0.1, -0.05) is 6.07 Å². The number of benzene rings is 1. The molecule has 4 heteroatoms. The van der Waals surface area contributed by atoms with E-state index in [2.05, 4.69) is 5.10 Å². The molecule has 90 valence electrons. The van der Waals surface area contributed by atoms with Crippen molar-refractivity contribution in [3.8, 4) is 11.1 Å². The van der Waals surface area contributed by atoms with Gasteiger partial charge in [0.05, 0.1) is 5.69 Å². The van der Waals surface area contributed by atoms with Gasteiger partial charge in [-0.2, -0.15) is 5.10 Å². The highest BCUT2D eigenvalue weighted by Gasteiger charge is 2.11. The number of rotatable bonds is 3. The van der Waals surface area contributed by atoms with E-state index < -0.39 is 0 Å². The van der Waals surface area contributed by atoms with Crippen LogP contribution in [0.1, 0.15) is 18.2 Å². The van der Waals surface area contributed by atoms with Gasteiger partial charge in [-0.25, -0.2) is 4.39 Å². The zero-order valence-corrected chi connectivity index (χ0v) is 10.1. The Morgan fingerprint density at radius 3 is 2.71 bits per heavy atom. The van der Waals surface area contributed by atoms with Crippen LogP contribution in [0.4, 0.5) is 4.39 Å². The quantitative estimate of drug-likeness (QED) is 0.885. The van der Waals surface area contributed by atoms with Crippen LogP contribution in [0.2, 0.25) is 0 Å². The minimum absolute atomic E-state index is 0.249. The number of nitrogens with two attached hydrogens (primary N) is 1. The van der Waals surface area contributed by atoms with Gasteiger partial charge >= 0.3 is 0 Å². The van der Waals surface area contributed by atoms with E-state index in [0.29, 0.717) is 6.54 Å². The summed E-state index contributed by atoms with van der Waals surface area (Å²) in [5.74, 6) is -0.249. The zero-order valence-electron chi connectivity index (χ0n) is 10.1. The number of nitrogens with zero attached hydrogens (tertiary/aromatic N) is 2. The number of aryl methyl sites for hydroxylation is 2. The largest absolute Gasteiger partial charge is 0.326 e. The van der Waals surface area contributed by atoms with E-state index in [9.17, 15) is 4.39 Å². The molecule has 2 aromatic rings. The van der Waals surface area contributed by atoms with Crippen molar-refractivity contribution >= 4 is 0 Å². The number of halogens is 1. The van der Waals surface area contributed by atoms with Gasteiger partial charge in [0, 0.05) is 24.8 Å². The summed E-state index contributed by atoms with van der Waals surface area (Å²) in [5, 5.41) is 4.36. The van der Waals surface area contributed by atoms with Crippen molar-refractivity contribution in [2.75, 3.05) is 0 Å². The molecule has 0 saturated heterocycles. The second kappa shape index (κ2) is 4.67. The van der Waals surface area contributed by atoms with Gasteiger partial charge in [0.25, 0.3) is 0 Å². The van der Waals surface area contributed by atoms with Gasteiger partial charge in [0.1, 0.15) is 5.82 Å². The van der Waals surface area contributed by atoms with Crippen LogP contribution in [-0.2, 0) is 13.1 Å². The molecule has 0 atom stereocenters. The summed E-state index contributed by atoms with van der Waals surface area (Å²) >= 11 is 0. The SMILES string of the molecule is CCn1cc(-c2cc(F)ccc2CN)c(C)n1. The minimum atomic E-state index is -0.249. The molecule has 1 aromatic heterocycles. The molecular formula is C13H16FN3. The Morgan fingerprint density at radius 1 is 1.35 bits per heavy atom. The summed E-state index contributed by atoms with van der Waals surface area (Å²) in [5.41, 5.74) is 9.30. The third-order valence-electron chi connectivity index (χ3n) is 2.85. The molecule has 17 heavy (non-hydrogen) atoms. The Bertz CT molecular complexity index is 531. The Morgan fingerprint density at radius 2 is 2.12 bits per heavy atom. The maximum Gasteiger partial charge on any atom is 0.123 e. The average Bonchev–Trinajstić information content (AvgIpc) is 2.70. The van der Waals surface area contributed by atoms with Gasteiger partial charge < -0.3 is 5.73 Å².